The van der Waals surface area contributed by atoms with Gasteiger partial charge in [-0.15, -0.1) is 0 Å². The molecule has 0 aliphatic rings. The fourth-order valence-corrected chi connectivity index (χ4v) is 3.77. The zero-order valence-corrected chi connectivity index (χ0v) is 12.4. The lowest BCUT2D eigenvalue weighted by atomic mass is 10.1. The number of hydrogen-bond donors (Lipinski definition) is 1. The van der Waals surface area contributed by atoms with Crippen molar-refractivity contribution in [3.8, 4) is 0 Å². The van der Waals surface area contributed by atoms with E-state index in [1.165, 1.54) is 5.56 Å². The maximum atomic E-state index is 6.13. The highest BCUT2D eigenvalue weighted by Crippen LogP contribution is 2.17. The van der Waals surface area contributed by atoms with Crippen LogP contribution in [0.15, 0.2) is 30.3 Å². The molecule has 0 radical (unpaired) electrons. The molecule has 0 saturated heterocycles. The Balaban J connectivity index is 2.43. The van der Waals surface area contributed by atoms with E-state index in [1.54, 1.807) is 21.3 Å². The fraction of sp³-hybridized carbons (Fsp3) is 0.538. The normalized spacial score (nSPS) is 13.6. The van der Waals surface area contributed by atoms with Gasteiger partial charge in [-0.25, -0.2) is 0 Å². The molecule has 1 aromatic rings. The van der Waals surface area contributed by atoms with E-state index < -0.39 is 8.80 Å². The predicted octanol–water partition coefficient (Wildman–Crippen LogP) is 1.82. The van der Waals surface area contributed by atoms with Gasteiger partial charge < -0.3 is 19.0 Å². The smallest absolute Gasteiger partial charge is 0.377 e. The Morgan fingerprint density at radius 2 is 1.61 bits per heavy atom. The molecule has 0 heterocycles. The van der Waals surface area contributed by atoms with Crippen molar-refractivity contribution in [2.75, 3.05) is 21.3 Å². The maximum absolute atomic E-state index is 6.13. The van der Waals surface area contributed by atoms with Crippen molar-refractivity contribution in [2.24, 2.45) is 5.73 Å². The molecule has 0 aliphatic heterocycles. The molecule has 102 valence electrons. The monoisotopic (exact) mass is 269 g/mol. The van der Waals surface area contributed by atoms with Gasteiger partial charge in [-0.2, -0.15) is 0 Å². The number of rotatable bonds is 8. The summed E-state index contributed by atoms with van der Waals surface area (Å²) >= 11 is 0. The van der Waals surface area contributed by atoms with Gasteiger partial charge in [-0.1, -0.05) is 30.3 Å². The number of hydrogen-bond acceptors (Lipinski definition) is 4. The zero-order chi connectivity index (χ0) is 13.4. The Bertz CT molecular complexity index is 322. The van der Waals surface area contributed by atoms with Gasteiger partial charge in [0, 0.05) is 33.4 Å². The summed E-state index contributed by atoms with van der Waals surface area (Å²) in [4.78, 5) is 0. The van der Waals surface area contributed by atoms with Gasteiger partial charge >= 0.3 is 8.80 Å². The van der Waals surface area contributed by atoms with Crippen molar-refractivity contribution in [1.82, 2.24) is 0 Å². The molecule has 1 rings (SSSR count). The van der Waals surface area contributed by atoms with Crippen LogP contribution < -0.4 is 5.73 Å². The van der Waals surface area contributed by atoms with Crippen LogP contribution in [0.4, 0.5) is 0 Å². The Morgan fingerprint density at radius 1 is 1.06 bits per heavy atom. The minimum atomic E-state index is -2.48. The molecule has 1 aromatic carbocycles. The van der Waals surface area contributed by atoms with E-state index in [9.17, 15) is 0 Å². The van der Waals surface area contributed by atoms with E-state index in [0.29, 0.717) is 0 Å². The summed E-state index contributed by atoms with van der Waals surface area (Å²) in [5, 5.41) is 0. The Kier molecular flexibility index (Phi) is 6.52. The molecule has 0 saturated carbocycles. The molecular weight excluding hydrogens is 246 g/mol. The van der Waals surface area contributed by atoms with Gasteiger partial charge in [0.1, 0.15) is 0 Å². The second-order valence-corrected chi connectivity index (χ2v) is 7.37. The van der Waals surface area contributed by atoms with Gasteiger partial charge in [-0.3, -0.25) is 0 Å². The third-order valence-corrected chi connectivity index (χ3v) is 5.86. The molecule has 0 aliphatic carbocycles. The van der Waals surface area contributed by atoms with Crippen LogP contribution in [0.5, 0.6) is 0 Å². The average molecular weight is 269 g/mol. The van der Waals surface area contributed by atoms with Crippen molar-refractivity contribution in [2.45, 2.75) is 24.9 Å². The molecule has 0 amide bonds. The summed E-state index contributed by atoms with van der Waals surface area (Å²) in [7, 11) is 2.40. The molecular formula is C13H23NO3Si. The van der Waals surface area contributed by atoms with Crippen molar-refractivity contribution in [3.63, 3.8) is 0 Å². The summed E-state index contributed by atoms with van der Waals surface area (Å²) in [6.45, 7) is 0. The quantitative estimate of drug-likeness (QED) is 0.732. The molecule has 0 spiro atoms. The maximum Gasteiger partial charge on any atom is 0.500 e. The van der Waals surface area contributed by atoms with E-state index in [-0.39, 0.29) is 6.04 Å². The van der Waals surface area contributed by atoms with E-state index >= 15 is 0 Å². The summed E-state index contributed by atoms with van der Waals surface area (Å²) in [6, 6.07) is 11.1. The highest BCUT2D eigenvalue weighted by atomic mass is 28.4. The third kappa shape index (κ3) is 4.51. The summed E-state index contributed by atoms with van der Waals surface area (Å²) in [5.74, 6) is 0. The number of benzene rings is 1. The largest absolute Gasteiger partial charge is 0.500 e. The molecule has 2 N–H and O–H groups in total. The van der Waals surface area contributed by atoms with E-state index in [2.05, 4.69) is 12.1 Å². The van der Waals surface area contributed by atoms with Gasteiger partial charge in [0.15, 0.2) is 0 Å². The summed E-state index contributed by atoms with van der Waals surface area (Å²) < 4.78 is 16.1. The molecule has 0 fully saturated rings. The van der Waals surface area contributed by atoms with Crippen LogP contribution in [-0.4, -0.2) is 36.2 Å². The summed E-state index contributed by atoms with van der Waals surface area (Å²) in [5.41, 5.74) is 7.39. The zero-order valence-electron chi connectivity index (χ0n) is 11.4. The van der Waals surface area contributed by atoms with Crippen molar-refractivity contribution < 1.29 is 13.3 Å². The predicted molar refractivity (Wildman–Crippen MR) is 74.3 cm³/mol. The molecule has 1 atom stereocenters. The fourth-order valence-electron chi connectivity index (χ4n) is 1.94. The van der Waals surface area contributed by atoms with Crippen molar-refractivity contribution in [1.29, 1.82) is 0 Å². The Morgan fingerprint density at radius 3 is 2.11 bits per heavy atom. The third-order valence-electron chi connectivity index (χ3n) is 3.10. The van der Waals surface area contributed by atoms with Crippen LogP contribution in [-0.2, 0) is 19.7 Å². The molecule has 18 heavy (non-hydrogen) atoms. The topological polar surface area (TPSA) is 53.7 Å². The Labute approximate surface area is 110 Å². The lowest BCUT2D eigenvalue weighted by molar-refractivity contribution is 0.122. The average Bonchev–Trinajstić information content (AvgIpc) is 2.42. The first-order valence-electron chi connectivity index (χ1n) is 6.10. The molecule has 5 heteroatoms. The van der Waals surface area contributed by atoms with E-state index in [4.69, 9.17) is 19.0 Å². The molecule has 0 bridgehead atoms. The molecule has 1 unspecified atom stereocenters. The SMILES string of the molecule is CO[Si](CCC(N)Cc1ccccc1)(OC)OC. The number of nitrogens with two attached hydrogens (primary N) is 1. The van der Waals surface area contributed by atoms with Crippen LogP contribution in [0.2, 0.25) is 6.04 Å². The first-order valence-corrected chi connectivity index (χ1v) is 8.04. The lowest BCUT2D eigenvalue weighted by Gasteiger charge is -2.25. The van der Waals surface area contributed by atoms with E-state index in [1.807, 2.05) is 18.2 Å². The van der Waals surface area contributed by atoms with Gasteiger partial charge in [0.25, 0.3) is 0 Å². The standard InChI is InChI=1S/C13H23NO3Si/c1-15-18(16-2,17-3)10-9-13(14)11-12-7-5-4-6-8-12/h4-8,13H,9-11,14H2,1-3H3. The second kappa shape index (κ2) is 7.65. The van der Waals surface area contributed by atoms with Crippen molar-refractivity contribution >= 4 is 8.80 Å². The van der Waals surface area contributed by atoms with Crippen LogP contribution >= 0.6 is 0 Å². The first-order chi connectivity index (χ1) is 8.65. The van der Waals surface area contributed by atoms with Crippen LogP contribution in [0.3, 0.4) is 0 Å². The highest BCUT2D eigenvalue weighted by Gasteiger charge is 2.37. The lowest BCUT2D eigenvalue weighted by Crippen LogP contribution is -2.44. The summed E-state index contributed by atoms with van der Waals surface area (Å²) in [6.07, 6.45) is 1.69. The minimum absolute atomic E-state index is 0.0970. The molecule has 4 nitrogen and oxygen atoms in total. The van der Waals surface area contributed by atoms with Crippen molar-refractivity contribution in [3.05, 3.63) is 35.9 Å². The van der Waals surface area contributed by atoms with E-state index in [0.717, 1.165) is 18.9 Å². The van der Waals surface area contributed by atoms with Crippen LogP contribution in [0.1, 0.15) is 12.0 Å². The molecule has 0 aromatic heterocycles. The van der Waals surface area contributed by atoms with Crippen LogP contribution in [0.25, 0.3) is 0 Å². The minimum Gasteiger partial charge on any atom is -0.377 e. The van der Waals surface area contributed by atoms with Gasteiger partial charge in [-0.05, 0) is 18.4 Å². The highest BCUT2D eigenvalue weighted by molar-refractivity contribution is 6.60. The van der Waals surface area contributed by atoms with Crippen LogP contribution in [0, 0.1) is 0 Å². The first kappa shape index (κ1) is 15.3. The van der Waals surface area contributed by atoms with Gasteiger partial charge in [0.2, 0.25) is 0 Å². The van der Waals surface area contributed by atoms with Gasteiger partial charge in [0.05, 0.1) is 0 Å². The Hall–Kier alpha value is -0.723. The second-order valence-electron chi connectivity index (χ2n) is 4.28.